The van der Waals surface area contributed by atoms with Crippen molar-refractivity contribution in [3.63, 3.8) is 0 Å². The van der Waals surface area contributed by atoms with Gasteiger partial charge in [0, 0.05) is 27.3 Å². The molecule has 4 aromatic carbocycles. The summed E-state index contributed by atoms with van der Waals surface area (Å²) < 4.78 is 0. The number of unbranched alkanes of at least 4 members (excludes halogenated alkanes) is 14. The van der Waals surface area contributed by atoms with Crippen LogP contribution in [0.3, 0.4) is 0 Å². The molecule has 270 valence electrons. The minimum atomic E-state index is -0.210. The zero-order chi connectivity index (χ0) is 35.7. The molecule has 5 rings (SSSR count). The predicted octanol–water partition coefficient (Wildman–Crippen LogP) is 15.2. The zero-order valence-corrected chi connectivity index (χ0v) is 32.0. The number of nitrogens with zero attached hydrogens (tertiary/aromatic N) is 1. The van der Waals surface area contributed by atoms with Gasteiger partial charge in [-0.05, 0) is 76.6 Å². The number of non-ortho nitro benzene ring substituents is 1. The highest BCUT2D eigenvalue weighted by Crippen LogP contribution is 2.55. The van der Waals surface area contributed by atoms with Gasteiger partial charge in [0.1, 0.15) is 0 Å². The predicted molar refractivity (Wildman–Crippen MR) is 220 cm³/mol. The third-order valence-corrected chi connectivity index (χ3v) is 11.8. The smallest absolute Gasteiger partial charge is 0.258 e. The van der Waals surface area contributed by atoms with E-state index < -0.39 is 0 Å². The van der Waals surface area contributed by atoms with Gasteiger partial charge in [0.25, 0.3) is 5.69 Å². The minimum absolute atomic E-state index is 0.193. The van der Waals surface area contributed by atoms with Gasteiger partial charge in [-0.2, -0.15) is 0 Å². The molecular weight excluding hydrogens is 643 g/mol. The molecule has 0 unspecified atom stereocenters. The molecule has 0 atom stereocenters. The first kappa shape index (κ1) is 38.6. The number of benzene rings is 4. The highest BCUT2D eigenvalue weighted by Gasteiger charge is 2.43. The summed E-state index contributed by atoms with van der Waals surface area (Å²) in [5.74, 6) is 0. The van der Waals surface area contributed by atoms with Crippen molar-refractivity contribution in [3.8, 4) is 11.1 Å². The van der Waals surface area contributed by atoms with Gasteiger partial charge in [0.2, 0.25) is 0 Å². The minimum Gasteiger partial charge on any atom is -0.258 e. The fourth-order valence-electron chi connectivity index (χ4n) is 7.97. The Morgan fingerprint density at radius 2 is 1.02 bits per heavy atom. The molecule has 0 saturated heterocycles. The van der Waals surface area contributed by atoms with E-state index in [1.807, 2.05) is 12.1 Å². The van der Waals surface area contributed by atoms with Gasteiger partial charge in [-0.1, -0.05) is 189 Å². The van der Waals surface area contributed by atoms with Gasteiger partial charge in [0.15, 0.2) is 0 Å². The highest BCUT2D eigenvalue weighted by atomic mass is 32.2. The molecule has 0 aromatic heterocycles. The molecular formula is C47H59NO2S. The van der Waals surface area contributed by atoms with Crippen LogP contribution in [0, 0.1) is 10.1 Å². The largest absolute Gasteiger partial charge is 0.269 e. The second kappa shape index (κ2) is 20.4. The summed E-state index contributed by atoms with van der Waals surface area (Å²) in [4.78, 5) is 14.3. The lowest BCUT2D eigenvalue weighted by atomic mass is 9.70. The van der Waals surface area contributed by atoms with E-state index >= 15 is 0 Å². The maximum absolute atomic E-state index is 12.1. The first-order chi connectivity index (χ1) is 25.0. The SMILES string of the molecule is CCCCCCCCCCC1(CCCCCCCCCC)c2cc(/C=C/c3ccc(Sc4ccccc4)cc3)ccc2-c2ccc([N+](=O)[O-])cc21. The van der Waals surface area contributed by atoms with E-state index in [0.29, 0.717) is 0 Å². The van der Waals surface area contributed by atoms with Crippen molar-refractivity contribution < 1.29 is 4.92 Å². The van der Waals surface area contributed by atoms with E-state index in [0.717, 1.165) is 25.7 Å². The van der Waals surface area contributed by atoms with Crippen LogP contribution in [-0.4, -0.2) is 4.92 Å². The van der Waals surface area contributed by atoms with E-state index in [2.05, 4.69) is 98.8 Å². The standard InChI is InChI=1S/C47H59NO2S/c1-3-5-7-9-11-13-15-20-34-47(35-21-16-14-12-10-8-6-4-2)45-36-39(28-32-43(45)44-33-29-40(48(49)50)37-46(44)47)25-24-38-26-30-42(31-27-38)51-41-22-18-17-19-23-41/h17-19,22-33,36-37H,3-16,20-21,34-35H2,1-2H3/b25-24+. The summed E-state index contributed by atoms with van der Waals surface area (Å²) in [7, 11) is 0. The molecule has 0 N–H and O–H groups in total. The second-order valence-electron chi connectivity index (χ2n) is 14.6. The Kier molecular flexibility index (Phi) is 15.5. The summed E-state index contributed by atoms with van der Waals surface area (Å²) in [6.07, 6.45) is 27.1. The molecule has 0 aliphatic heterocycles. The van der Waals surface area contributed by atoms with Gasteiger partial charge in [-0.25, -0.2) is 0 Å². The van der Waals surface area contributed by atoms with Crippen LogP contribution in [0.2, 0.25) is 0 Å². The van der Waals surface area contributed by atoms with Crippen LogP contribution >= 0.6 is 11.8 Å². The molecule has 0 heterocycles. The van der Waals surface area contributed by atoms with Crippen molar-refractivity contribution in [2.24, 2.45) is 0 Å². The number of rotatable bonds is 23. The molecule has 0 bridgehead atoms. The summed E-state index contributed by atoms with van der Waals surface area (Å²) in [5.41, 5.74) is 7.40. The molecule has 0 saturated carbocycles. The van der Waals surface area contributed by atoms with Crippen LogP contribution in [0.25, 0.3) is 23.3 Å². The highest BCUT2D eigenvalue weighted by molar-refractivity contribution is 7.99. The third kappa shape index (κ3) is 10.9. The first-order valence-corrected chi connectivity index (χ1v) is 20.8. The van der Waals surface area contributed by atoms with Crippen LogP contribution in [0.1, 0.15) is 152 Å². The van der Waals surface area contributed by atoms with E-state index in [9.17, 15) is 10.1 Å². The van der Waals surface area contributed by atoms with Crippen molar-refractivity contribution in [2.75, 3.05) is 0 Å². The Morgan fingerprint density at radius 3 is 1.59 bits per heavy atom. The van der Waals surface area contributed by atoms with Crippen LogP contribution in [-0.2, 0) is 5.41 Å². The fraction of sp³-hybridized carbons (Fsp3) is 0.447. The van der Waals surface area contributed by atoms with Crippen molar-refractivity contribution >= 4 is 29.6 Å². The summed E-state index contributed by atoms with van der Waals surface area (Å²) in [6, 6.07) is 31.9. The molecule has 1 aliphatic carbocycles. The maximum atomic E-state index is 12.1. The monoisotopic (exact) mass is 701 g/mol. The summed E-state index contributed by atoms with van der Waals surface area (Å²) >= 11 is 1.78. The second-order valence-corrected chi connectivity index (χ2v) is 15.8. The summed E-state index contributed by atoms with van der Waals surface area (Å²) in [6.45, 7) is 4.55. The van der Waals surface area contributed by atoms with Gasteiger partial charge >= 0.3 is 0 Å². The molecule has 0 radical (unpaired) electrons. The number of nitro groups is 1. The van der Waals surface area contributed by atoms with Crippen molar-refractivity contribution in [1.29, 1.82) is 0 Å². The molecule has 4 heteroatoms. The Balaban J connectivity index is 1.38. The van der Waals surface area contributed by atoms with Gasteiger partial charge in [-0.15, -0.1) is 0 Å². The van der Waals surface area contributed by atoms with Crippen molar-refractivity contribution in [2.45, 2.75) is 145 Å². The number of hydrogen-bond acceptors (Lipinski definition) is 3. The van der Waals surface area contributed by atoms with Crippen LogP contribution in [0.4, 0.5) is 5.69 Å². The number of fused-ring (bicyclic) bond motifs is 3. The van der Waals surface area contributed by atoms with Crippen molar-refractivity contribution in [1.82, 2.24) is 0 Å². The van der Waals surface area contributed by atoms with Crippen LogP contribution < -0.4 is 0 Å². The molecule has 0 spiro atoms. The fourth-order valence-corrected chi connectivity index (χ4v) is 8.80. The van der Waals surface area contributed by atoms with E-state index in [4.69, 9.17) is 0 Å². The average molecular weight is 702 g/mol. The molecule has 3 nitrogen and oxygen atoms in total. The number of hydrogen-bond donors (Lipinski definition) is 0. The normalized spacial score (nSPS) is 13.1. The molecule has 4 aromatic rings. The van der Waals surface area contributed by atoms with Gasteiger partial charge < -0.3 is 0 Å². The Morgan fingerprint density at radius 1 is 0.549 bits per heavy atom. The van der Waals surface area contributed by atoms with Gasteiger partial charge in [0.05, 0.1) is 4.92 Å². The molecule has 51 heavy (non-hydrogen) atoms. The van der Waals surface area contributed by atoms with E-state index in [1.165, 1.54) is 133 Å². The Bertz CT molecular complexity index is 1660. The maximum Gasteiger partial charge on any atom is 0.269 e. The lowest BCUT2D eigenvalue weighted by Gasteiger charge is -2.33. The lowest BCUT2D eigenvalue weighted by Crippen LogP contribution is -2.25. The van der Waals surface area contributed by atoms with Gasteiger partial charge in [-0.3, -0.25) is 10.1 Å². The van der Waals surface area contributed by atoms with E-state index in [1.54, 1.807) is 17.8 Å². The lowest BCUT2D eigenvalue weighted by molar-refractivity contribution is -0.384. The summed E-state index contributed by atoms with van der Waals surface area (Å²) in [5, 5.41) is 12.1. The average Bonchev–Trinajstić information content (AvgIpc) is 3.42. The third-order valence-electron chi connectivity index (χ3n) is 10.8. The van der Waals surface area contributed by atoms with E-state index in [-0.39, 0.29) is 16.0 Å². The quantitative estimate of drug-likeness (QED) is 0.0335. The van der Waals surface area contributed by atoms with Crippen molar-refractivity contribution in [3.05, 3.63) is 123 Å². The number of nitro benzene ring substituents is 1. The molecule has 0 amide bonds. The Labute approximate surface area is 312 Å². The molecule has 1 aliphatic rings. The Hall–Kier alpha value is -3.63. The zero-order valence-electron chi connectivity index (χ0n) is 31.2. The van der Waals surface area contributed by atoms with Crippen LogP contribution in [0.15, 0.2) is 101 Å². The first-order valence-electron chi connectivity index (χ1n) is 20.0. The van der Waals surface area contributed by atoms with Crippen LogP contribution in [0.5, 0.6) is 0 Å². The topological polar surface area (TPSA) is 43.1 Å². The molecule has 0 fully saturated rings.